The number of hydrogen-bond donors (Lipinski definition) is 1. The van der Waals surface area contributed by atoms with Crippen LogP contribution < -0.4 is 0 Å². The molecule has 5 heteroatoms. The number of Topliss-reactive ketones (excluding diaryl/α,β-unsaturated/α-hetero) is 1. The molecule has 0 saturated carbocycles. The molecule has 0 radical (unpaired) electrons. The fourth-order valence-corrected chi connectivity index (χ4v) is 2.33. The molecule has 0 atom stereocenters. The number of rotatable bonds is 1. The third-order valence-electron chi connectivity index (χ3n) is 1.76. The Morgan fingerprint density at radius 2 is 2.23 bits per heavy atom. The summed E-state index contributed by atoms with van der Waals surface area (Å²) in [5.41, 5.74) is 1.55. The standard InChI is InChI=1S/C8H6N2O2Se/c1-4(11)7-6(12)3-2-5-8(7)10-13-9-5/h2-3,12H,1H3. The number of fused-ring (bicyclic) bond motifs is 1. The van der Waals surface area contributed by atoms with Crippen LogP contribution in [0.4, 0.5) is 0 Å². The van der Waals surface area contributed by atoms with Gasteiger partial charge in [-0.15, -0.1) is 0 Å². The molecule has 1 heterocycles. The van der Waals surface area contributed by atoms with E-state index in [2.05, 4.69) is 7.96 Å². The van der Waals surface area contributed by atoms with Gasteiger partial charge in [0, 0.05) is 0 Å². The van der Waals surface area contributed by atoms with Gasteiger partial charge in [-0.05, 0) is 0 Å². The van der Waals surface area contributed by atoms with E-state index in [-0.39, 0.29) is 26.5 Å². The summed E-state index contributed by atoms with van der Waals surface area (Å²) >= 11 is -0.166. The van der Waals surface area contributed by atoms with Crippen LogP contribution in [0, 0.1) is 0 Å². The molecule has 2 rings (SSSR count). The van der Waals surface area contributed by atoms with Crippen LogP contribution in [0.5, 0.6) is 5.75 Å². The van der Waals surface area contributed by atoms with Crippen LogP contribution in [0.15, 0.2) is 12.1 Å². The summed E-state index contributed by atoms with van der Waals surface area (Å²) in [5.74, 6) is -0.186. The zero-order valence-electron chi connectivity index (χ0n) is 6.81. The van der Waals surface area contributed by atoms with Gasteiger partial charge in [-0.25, -0.2) is 0 Å². The number of aromatic nitrogens is 2. The second-order valence-corrected chi connectivity index (χ2v) is 3.76. The molecule has 13 heavy (non-hydrogen) atoms. The van der Waals surface area contributed by atoms with Gasteiger partial charge in [-0.3, -0.25) is 0 Å². The summed E-state index contributed by atoms with van der Waals surface area (Å²) in [5, 5.41) is 9.43. The molecule has 66 valence electrons. The fraction of sp³-hybridized carbons (Fsp3) is 0.125. The fourth-order valence-electron chi connectivity index (χ4n) is 1.19. The quantitative estimate of drug-likeness (QED) is 0.586. The number of carbonyl (C=O) groups excluding carboxylic acids is 1. The van der Waals surface area contributed by atoms with Crippen LogP contribution in [0.1, 0.15) is 17.3 Å². The molecule has 0 bridgehead atoms. The molecule has 0 amide bonds. The number of nitrogens with zero attached hydrogens (tertiary/aromatic N) is 2. The van der Waals surface area contributed by atoms with Crippen molar-refractivity contribution in [2.75, 3.05) is 0 Å². The van der Waals surface area contributed by atoms with E-state index in [0.717, 1.165) is 0 Å². The summed E-state index contributed by atoms with van der Waals surface area (Å²) in [6.45, 7) is 1.41. The topological polar surface area (TPSA) is 63.1 Å². The van der Waals surface area contributed by atoms with Crippen molar-refractivity contribution in [3.05, 3.63) is 17.7 Å². The Morgan fingerprint density at radius 1 is 1.46 bits per heavy atom. The van der Waals surface area contributed by atoms with Crippen LogP contribution >= 0.6 is 0 Å². The summed E-state index contributed by atoms with van der Waals surface area (Å²) < 4.78 is 8.21. The van der Waals surface area contributed by atoms with Gasteiger partial charge in [-0.2, -0.15) is 0 Å². The number of carbonyl (C=O) groups is 1. The number of benzene rings is 1. The number of aromatic hydroxyl groups is 1. The number of ketones is 1. The van der Waals surface area contributed by atoms with Gasteiger partial charge in [-0.1, -0.05) is 0 Å². The molecular weight excluding hydrogens is 235 g/mol. The van der Waals surface area contributed by atoms with Gasteiger partial charge in [0.2, 0.25) is 0 Å². The van der Waals surface area contributed by atoms with Crippen molar-refractivity contribution in [2.45, 2.75) is 6.92 Å². The van der Waals surface area contributed by atoms with Crippen LogP contribution in [0.2, 0.25) is 0 Å². The first kappa shape index (κ1) is 8.41. The average molecular weight is 241 g/mol. The molecule has 0 saturated heterocycles. The van der Waals surface area contributed by atoms with Crippen molar-refractivity contribution in [2.24, 2.45) is 0 Å². The van der Waals surface area contributed by atoms with E-state index in [1.807, 2.05) is 0 Å². The molecule has 0 aliphatic rings. The molecule has 1 aromatic heterocycles. The van der Waals surface area contributed by atoms with Gasteiger partial charge in [0.05, 0.1) is 0 Å². The molecule has 1 aromatic carbocycles. The van der Waals surface area contributed by atoms with E-state index in [9.17, 15) is 9.90 Å². The molecule has 0 unspecified atom stereocenters. The van der Waals surface area contributed by atoms with Crippen LogP contribution in [0.25, 0.3) is 11.0 Å². The summed E-state index contributed by atoms with van der Waals surface area (Å²) in [6, 6.07) is 3.16. The van der Waals surface area contributed by atoms with Gasteiger partial charge in [0.1, 0.15) is 0 Å². The minimum atomic E-state index is -0.175. The average Bonchev–Trinajstić information content (AvgIpc) is 2.50. The Morgan fingerprint density at radius 3 is 2.92 bits per heavy atom. The second-order valence-electron chi connectivity index (χ2n) is 2.65. The van der Waals surface area contributed by atoms with Gasteiger partial charge >= 0.3 is 80.0 Å². The van der Waals surface area contributed by atoms with E-state index in [1.54, 1.807) is 6.07 Å². The van der Waals surface area contributed by atoms with Gasteiger partial charge in [0.15, 0.2) is 0 Å². The maximum absolute atomic E-state index is 11.2. The first-order chi connectivity index (χ1) is 6.20. The molecule has 0 aliphatic heterocycles. The predicted molar refractivity (Wildman–Crippen MR) is 48.1 cm³/mol. The first-order valence-electron chi connectivity index (χ1n) is 3.65. The molecule has 1 N–H and O–H groups in total. The first-order valence-corrected chi connectivity index (χ1v) is 5.18. The number of hydrogen-bond acceptors (Lipinski definition) is 4. The van der Waals surface area contributed by atoms with E-state index in [4.69, 9.17) is 0 Å². The SMILES string of the molecule is CC(=O)c1c(O)ccc2n[se]nc12. The Kier molecular flexibility index (Phi) is 1.90. The van der Waals surface area contributed by atoms with Crippen LogP contribution in [0.3, 0.4) is 0 Å². The Balaban J connectivity index is 2.88. The summed E-state index contributed by atoms with van der Waals surface area (Å²) in [4.78, 5) is 11.2. The van der Waals surface area contributed by atoms with Crippen molar-refractivity contribution < 1.29 is 9.90 Å². The molecule has 0 aliphatic carbocycles. The third kappa shape index (κ3) is 1.26. The van der Waals surface area contributed by atoms with Gasteiger partial charge in [0.25, 0.3) is 0 Å². The summed E-state index contributed by atoms with van der Waals surface area (Å²) in [7, 11) is 0. The second kappa shape index (κ2) is 2.94. The zero-order chi connectivity index (χ0) is 9.42. The van der Waals surface area contributed by atoms with Crippen molar-refractivity contribution in [1.82, 2.24) is 7.96 Å². The Hall–Kier alpha value is -1.19. The summed E-state index contributed by atoms with van der Waals surface area (Å²) in [6.07, 6.45) is 0. The zero-order valence-corrected chi connectivity index (χ0v) is 8.53. The van der Waals surface area contributed by atoms with E-state index >= 15 is 0 Å². The molecule has 0 fully saturated rings. The predicted octanol–water partition coefficient (Wildman–Crippen LogP) is 0.595. The van der Waals surface area contributed by atoms with Crippen molar-refractivity contribution in [1.29, 1.82) is 0 Å². The van der Waals surface area contributed by atoms with E-state index in [0.29, 0.717) is 16.6 Å². The minimum absolute atomic E-state index is 0.0112. The molecular formula is C8H6N2O2Se. The van der Waals surface area contributed by atoms with Crippen molar-refractivity contribution in [3.63, 3.8) is 0 Å². The Labute approximate surface area is 80.4 Å². The molecule has 4 nitrogen and oxygen atoms in total. The van der Waals surface area contributed by atoms with Crippen molar-refractivity contribution >= 4 is 31.8 Å². The van der Waals surface area contributed by atoms with Crippen LogP contribution in [-0.4, -0.2) is 33.8 Å². The molecule has 0 spiro atoms. The van der Waals surface area contributed by atoms with Gasteiger partial charge < -0.3 is 0 Å². The monoisotopic (exact) mass is 242 g/mol. The normalized spacial score (nSPS) is 10.5. The van der Waals surface area contributed by atoms with Crippen molar-refractivity contribution in [3.8, 4) is 5.75 Å². The molecule has 2 aromatic rings. The number of phenols is 1. The maximum atomic E-state index is 11.2. The van der Waals surface area contributed by atoms with E-state index < -0.39 is 0 Å². The van der Waals surface area contributed by atoms with Crippen LogP contribution in [-0.2, 0) is 0 Å². The van der Waals surface area contributed by atoms with E-state index in [1.165, 1.54) is 13.0 Å². The third-order valence-corrected chi connectivity index (χ3v) is 2.90. The number of phenolic OH excluding ortho intramolecular Hbond substituents is 1. The Bertz CT molecular complexity index is 478.